The van der Waals surface area contributed by atoms with E-state index in [1.165, 1.54) is 36.9 Å². The first-order chi connectivity index (χ1) is 8.36. The van der Waals surface area contributed by atoms with Crippen LogP contribution in [-0.2, 0) is 19.4 Å². The van der Waals surface area contributed by atoms with Crippen LogP contribution < -0.4 is 10.5 Å². The summed E-state index contributed by atoms with van der Waals surface area (Å²) >= 11 is 0. The minimum absolute atomic E-state index is 0.527. The van der Waals surface area contributed by atoms with Crippen LogP contribution in [0.25, 0.3) is 0 Å². The van der Waals surface area contributed by atoms with E-state index < -0.39 is 0 Å². The molecule has 3 nitrogen and oxygen atoms in total. The van der Waals surface area contributed by atoms with Crippen LogP contribution in [0.1, 0.15) is 42.5 Å². The Hall–Kier alpha value is -1.09. The summed E-state index contributed by atoms with van der Waals surface area (Å²) in [5.41, 5.74) is 9.44. The Bertz CT molecular complexity index is 413. The van der Waals surface area contributed by atoms with Crippen molar-refractivity contribution >= 4 is 0 Å². The number of hydrogen-bond donors (Lipinski definition) is 1. The number of rotatable bonds is 5. The minimum atomic E-state index is 0.527. The van der Waals surface area contributed by atoms with E-state index in [-0.39, 0.29) is 0 Å². The van der Waals surface area contributed by atoms with Gasteiger partial charge in [-0.3, -0.25) is 0 Å². The summed E-state index contributed by atoms with van der Waals surface area (Å²) in [4.78, 5) is 4.64. The minimum Gasteiger partial charge on any atom is -0.477 e. The van der Waals surface area contributed by atoms with Gasteiger partial charge in [0.05, 0.1) is 6.61 Å². The van der Waals surface area contributed by atoms with E-state index in [9.17, 15) is 0 Å². The van der Waals surface area contributed by atoms with Crippen LogP contribution in [0.5, 0.6) is 5.88 Å². The molecule has 1 aromatic heterocycles. The maximum Gasteiger partial charge on any atom is 0.218 e. The monoisotopic (exact) mass is 232 g/mol. The lowest BCUT2D eigenvalue weighted by atomic mass is 10.1. The van der Waals surface area contributed by atoms with E-state index in [1.807, 2.05) is 0 Å². The summed E-state index contributed by atoms with van der Waals surface area (Å²) in [6.45, 7) is 1.32. The molecule has 2 N–H and O–H groups in total. The highest BCUT2D eigenvalue weighted by molar-refractivity contribution is 5.36. The molecule has 0 aliphatic heterocycles. The number of ether oxygens (including phenoxy) is 1. The van der Waals surface area contributed by atoms with Crippen molar-refractivity contribution in [1.29, 1.82) is 0 Å². The van der Waals surface area contributed by atoms with Gasteiger partial charge in [0.15, 0.2) is 0 Å². The normalized spacial score (nSPS) is 18.2. The van der Waals surface area contributed by atoms with E-state index in [0.29, 0.717) is 6.54 Å². The highest BCUT2D eigenvalue weighted by Crippen LogP contribution is 2.32. The van der Waals surface area contributed by atoms with Crippen LogP contribution in [0.2, 0.25) is 0 Å². The predicted molar refractivity (Wildman–Crippen MR) is 67.0 cm³/mol. The number of nitrogens with two attached hydrogens (primary N) is 1. The smallest absolute Gasteiger partial charge is 0.218 e. The van der Waals surface area contributed by atoms with E-state index >= 15 is 0 Å². The van der Waals surface area contributed by atoms with Crippen molar-refractivity contribution < 1.29 is 4.74 Å². The number of aryl methyl sites for hydroxylation is 2. The van der Waals surface area contributed by atoms with Crippen molar-refractivity contribution in [2.75, 3.05) is 6.61 Å². The third-order valence-corrected chi connectivity index (χ3v) is 3.77. The molecular formula is C14H20N2O. The fraction of sp³-hybridized carbons (Fsp3) is 0.643. The third kappa shape index (κ3) is 2.44. The van der Waals surface area contributed by atoms with Crippen LogP contribution in [0, 0.1) is 5.92 Å². The van der Waals surface area contributed by atoms with Crippen molar-refractivity contribution in [1.82, 2.24) is 4.98 Å². The number of fused-ring (bicyclic) bond motifs is 1. The summed E-state index contributed by atoms with van der Waals surface area (Å²) < 4.78 is 5.81. The number of aromatic nitrogens is 1. The number of pyridine rings is 1. The Morgan fingerprint density at radius 2 is 2.24 bits per heavy atom. The molecule has 0 bridgehead atoms. The lowest BCUT2D eigenvalue weighted by Crippen LogP contribution is -2.08. The summed E-state index contributed by atoms with van der Waals surface area (Å²) in [6, 6.07) is 2.20. The summed E-state index contributed by atoms with van der Waals surface area (Å²) in [6.07, 6.45) is 7.40. The van der Waals surface area contributed by atoms with Crippen LogP contribution in [-0.4, -0.2) is 11.6 Å². The molecule has 0 aromatic carbocycles. The van der Waals surface area contributed by atoms with Crippen LogP contribution in [0.4, 0.5) is 0 Å². The predicted octanol–water partition coefficient (Wildman–Crippen LogP) is 2.21. The molecule has 1 aromatic rings. The molecule has 3 rings (SSSR count). The average Bonchev–Trinajstić information content (AvgIpc) is 3.05. The molecule has 1 saturated carbocycles. The first-order valence-corrected chi connectivity index (χ1v) is 6.71. The van der Waals surface area contributed by atoms with Crippen molar-refractivity contribution in [3.63, 3.8) is 0 Å². The van der Waals surface area contributed by atoms with Gasteiger partial charge >= 0.3 is 0 Å². The van der Waals surface area contributed by atoms with Crippen molar-refractivity contribution in [3.05, 3.63) is 22.9 Å². The summed E-state index contributed by atoms with van der Waals surface area (Å²) in [7, 11) is 0. The molecule has 92 valence electrons. The molecule has 0 saturated heterocycles. The van der Waals surface area contributed by atoms with E-state index in [1.54, 1.807) is 0 Å². The zero-order chi connectivity index (χ0) is 11.7. The summed E-state index contributed by atoms with van der Waals surface area (Å²) in [5, 5.41) is 0. The molecule has 17 heavy (non-hydrogen) atoms. The Morgan fingerprint density at radius 3 is 3.00 bits per heavy atom. The molecule has 2 aliphatic rings. The SMILES string of the molecule is NCc1cc2c(nc1OCCC1CC1)CCC2. The van der Waals surface area contributed by atoms with Crippen LogP contribution in [0.3, 0.4) is 0 Å². The largest absolute Gasteiger partial charge is 0.477 e. The lowest BCUT2D eigenvalue weighted by Gasteiger charge is -2.11. The molecule has 0 atom stereocenters. The number of nitrogens with zero attached hydrogens (tertiary/aromatic N) is 1. The maximum atomic E-state index is 5.81. The molecule has 3 heteroatoms. The van der Waals surface area contributed by atoms with Gasteiger partial charge in [-0.15, -0.1) is 0 Å². The molecule has 2 aliphatic carbocycles. The van der Waals surface area contributed by atoms with Crippen molar-refractivity contribution in [2.45, 2.75) is 45.1 Å². The van der Waals surface area contributed by atoms with Crippen molar-refractivity contribution in [3.8, 4) is 5.88 Å². The van der Waals surface area contributed by atoms with Gasteiger partial charge in [0.2, 0.25) is 5.88 Å². The Morgan fingerprint density at radius 1 is 1.35 bits per heavy atom. The Labute approximate surface area is 102 Å². The first-order valence-electron chi connectivity index (χ1n) is 6.71. The van der Waals surface area contributed by atoms with Crippen LogP contribution >= 0.6 is 0 Å². The molecule has 1 fully saturated rings. The van der Waals surface area contributed by atoms with Gasteiger partial charge in [0.1, 0.15) is 0 Å². The van der Waals surface area contributed by atoms with Gasteiger partial charge in [-0.2, -0.15) is 0 Å². The second-order valence-electron chi connectivity index (χ2n) is 5.20. The molecule has 0 spiro atoms. The second kappa shape index (κ2) is 4.65. The molecular weight excluding hydrogens is 212 g/mol. The van der Waals surface area contributed by atoms with E-state index in [4.69, 9.17) is 10.5 Å². The maximum absolute atomic E-state index is 5.81. The van der Waals surface area contributed by atoms with Crippen molar-refractivity contribution in [2.24, 2.45) is 11.7 Å². The molecule has 0 radical (unpaired) electrons. The van der Waals surface area contributed by atoms with E-state index in [0.717, 1.165) is 36.8 Å². The highest BCUT2D eigenvalue weighted by Gasteiger charge is 2.21. The fourth-order valence-electron chi connectivity index (χ4n) is 2.50. The van der Waals surface area contributed by atoms with E-state index in [2.05, 4.69) is 11.1 Å². The van der Waals surface area contributed by atoms with Gasteiger partial charge < -0.3 is 10.5 Å². The summed E-state index contributed by atoms with van der Waals surface area (Å²) in [5.74, 6) is 1.69. The average molecular weight is 232 g/mol. The number of hydrogen-bond acceptors (Lipinski definition) is 3. The Kier molecular flexibility index (Phi) is 3.02. The molecule has 0 amide bonds. The van der Waals surface area contributed by atoms with Gasteiger partial charge in [-0.25, -0.2) is 4.98 Å². The van der Waals surface area contributed by atoms with Crippen LogP contribution in [0.15, 0.2) is 6.07 Å². The highest BCUT2D eigenvalue weighted by atomic mass is 16.5. The molecule has 1 heterocycles. The quantitative estimate of drug-likeness (QED) is 0.846. The topological polar surface area (TPSA) is 48.1 Å². The molecule has 0 unspecified atom stereocenters. The fourth-order valence-corrected chi connectivity index (χ4v) is 2.50. The zero-order valence-corrected chi connectivity index (χ0v) is 10.2. The first kappa shape index (κ1) is 11.0. The van der Waals surface area contributed by atoms with Gasteiger partial charge in [-0.1, -0.05) is 12.8 Å². The van der Waals surface area contributed by atoms with Gasteiger partial charge in [0, 0.05) is 17.8 Å². The second-order valence-corrected chi connectivity index (χ2v) is 5.20. The lowest BCUT2D eigenvalue weighted by molar-refractivity contribution is 0.287. The standard InChI is InChI=1S/C14H20N2O/c15-9-12-8-11-2-1-3-13(11)16-14(12)17-7-6-10-4-5-10/h8,10H,1-7,9,15H2. The van der Waals surface area contributed by atoms with Gasteiger partial charge in [0.25, 0.3) is 0 Å². The zero-order valence-electron chi connectivity index (χ0n) is 10.2. The Balaban J connectivity index is 1.71. The third-order valence-electron chi connectivity index (χ3n) is 3.77. The van der Waals surface area contributed by atoms with Gasteiger partial charge in [-0.05, 0) is 43.2 Å².